The molecule has 0 atom stereocenters. The lowest BCUT2D eigenvalue weighted by Crippen LogP contribution is -2.06. The summed E-state index contributed by atoms with van der Waals surface area (Å²) in [4.78, 5) is 11.8. The maximum absolute atomic E-state index is 11.8. The molecule has 0 unspecified atom stereocenters. The second-order valence-corrected chi connectivity index (χ2v) is 8.04. The zero-order chi connectivity index (χ0) is 21.6. The SMILES string of the molecule is O=C(OCCCCCCCCCCCOc1ccc2ccccc2c1)c1ccccc1. The van der Waals surface area contributed by atoms with Crippen LogP contribution >= 0.6 is 0 Å². The predicted octanol–water partition coefficient (Wildman–Crippen LogP) is 7.59. The number of fused-ring (bicyclic) bond motifs is 1. The minimum atomic E-state index is -0.217. The molecule has 31 heavy (non-hydrogen) atoms. The van der Waals surface area contributed by atoms with E-state index >= 15 is 0 Å². The second kappa shape index (κ2) is 13.5. The topological polar surface area (TPSA) is 35.5 Å². The first-order valence-corrected chi connectivity index (χ1v) is 11.7. The highest BCUT2D eigenvalue weighted by Gasteiger charge is 2.04. The van der Waals surface area contributed by atoms with E-state index in [0.29, 0.717) is 12.2 Å². The average Bonchev–Trinajstić information content (AvgIpc) is 2.82. The van der Waals surface area contributed by atoms with E-state index in [0.717, 1.165) is 31.6 Å². The molecule has 0 saturated carbocycles. The Balaban J connectivity index is 1.11. The normalized spacial score (nSPS) is 10.8. The van der Waals surface area contributed by atoms with Crippen LogP contribution in [0, 0.1) is 0 Å². The number of unbranched alkanes of at least 4 members (excludes halogenated alkanes) is 8. The van der Waals surface area contributed by atoms with E-state index < -0.39 is 0 Å². The van der Waals surface area contributed by atoms with Crippen molar-refractivity contribution in [3.8, 4) is 5.75 Å². The molecule has 0 spiro atoms. The fourth-order valence-electron chi connectivity index (χ4n) is 3.71. The summed E-state index contributed by atoms with van der Waals surface area (Å²) in [5.41, 5.74) is 0.630. The first kappa shape index (κ1) is 22.9. The number of rotatable bonds is 14. The minimum absolute atomic E-state index is 0.217. The molecular weight excluding hydrogens is 384 g/mol. The van der Waals surface area contributed by atoms with Gasteiger partial charge < -0.3 is 9.47 Å². The van der Waals surface area contributed by atoms with Gasteiger partial charge in [0, 0.05) is 0 Å². The van der Waals surface area contributed by atoms with Crippen LogP contribution in [0.3, 0.4) is 0 Å². The Morgan fingerprint density at radius 2 is 1.16 bits per heavy atom. The molecule has 0 N–H and O–H groups in total. The summed E-state index contributed by atoms with van der Waals surface area (Å²) in [6.07, 6.45) is 10.7. The third-order valence-electron chi connectivity index (χ3n) is 5.52. The van der Waals surface area contributed by atoms with E-state index in [4.69, 9.17) is 9.47 Å². The Labute approximate surface area is 186 Å². The molecule has 3 rings (SSSR count). The Hall–Kier alpha value is -2.81. The zero-order valence-electron chi connectivity index (χ0n) is 18.4. The lowest BCUT2D eigenvalue weighted by molar-refractivity contribution is 0.0497. The Bertz CT molecular complexity index is 904. The van der Waals surface area contributed by atoms with Crippen LogP contribution in [-0.4, -0.2) is 19.2 Å². The van der Waals surface area contributed by atoms with Crippen molar-refractivity contribution in [2.75, 3.05) is 13.2 Å². The first-order chi connectivity index (χ1) is 15.3. The predicted molar refractivity (Wildman–Crippen MR) is 128 cm³/mol. The van der Waals surface area contributed by atoms with Crippen molar-refractivity contribution in [2.45, 2.75) is 57.8 Å². The van der Waals surface area contributed by atoms with Gasteiger partial charge in [-0.1, -0.05) is 93.5 Å². The summed E-state index contributed by atoms with van der Waals surface area (Å²) >= 11 is 0. The van der Waals surface area contributed by atoms with Crippen molar-refractivity contribution < 1.29 is 14.3 Å². The number of carbonyl (C=O) groups is 1. The lowest BCUT2D eigenvalue weighted by atomic mass is 10.1. The first-order valence-electron chi connectivity index (χ1n) is 11.7. The third-order valence-corrected chi connectivity index (χ3v) is 5.52. The molecule has 3 aromatic carbocycles. The van der Waals surface area contributed by atoms with Gasteiger partial charge in [0.05, 0.1) is 18.8 Å². The van der Waals surface area contributed by atoms with Crippen molar-refractivity contribution in [3.63, 3.8) is 0 Å². The third kappa shape index (κ3) is 8.45. The van der Waals surface area contributed by atoms with Crippen molar-refractivity contribution >= 4 is 16.7 Å². The largest absolute Gasteiger partial charge is 0.494 e. The van der Waals surface area contributed by atoms with Crippen LogP contribution in [0.2, 0.25) is 0 Å². The Morgan fingerprint density at radius 1 is 0.581 bits per heavy atom. The van der Waals surface area contributed by atoms with Gasteiger partial charge >= 0.3 is 5.97 Å². The molecule has 0 saturated heterocycles. The Kier molecular flexibility index (Phi) is 9.95. The average molecular weight is 419 g/mol. The molecule has 164 valence electrons. The molecule has 3 nitrogen and oxygen atoms in total. The maximum Gasteiger partial charge on any atom is 0.338 e. The summed E-state index contributed by atoms with van der Waals surface area (Å²) in [6, 6.07) is 23.9. The van der Waals surface area contributed by atoms with Gasteiger partial charge in [-0.25, -0.2) is 4.79 Å². The summed E-state index contributed by atoms with van der Waals surface area (Å²) < 4.78 is 11.2. The van der Waals surface area contributed by atoms with E-state index in [1.54, 1.807) is 12.1 Å². The molecule has 0 radical (unpaired) electrons. The molecule has 0 amide bonds. The van der Waals surface area contributed by atoms with Crippen molar-refractivity contribution in [1.82, 2.24) is 0 Å². The van der Waals surface area contributed by atoms with Crippen LogP contribution in [-0.2, 0) is 4.74 Å². The highest BCUT2D eigenvalue weighted by Crippen LogP contribution is 2.21. The number of carbonyl (C=O) groups excluding carboxylic acids is 1. The summed E-state index contributed by atoms with van der Waals surface area (Å²) in [6.45, 7) is 1.31. The number of benzene rings is 3. The lowest BCUT2D eigenvalue weighted by Gasteiger charge is -2.07. The van der Waals surface area contributed by atoms with Crippen molar-refractivity contribution in [3.05, 3.63) is 78.4 Å². The zero-order valence-corrected chi connectivity index (χ0v) is 18.4. The summed E-state index contributed by atoms with van der Waals surface area (Å²) in [7, 11) is 0. The van der Waals surface area contributed by atoms with E-state index in [-0.39, 0.29) is 5.97 Å². The van der Waals surface area contributed by atoms with Crippen LogP contribution in [0.5, 0.6) is 5.75 Å². The van der Waals surface area contributed by atoms with E-state index in [1.807, 2.05) is 18.2 Å². The minimum Gasteiger partial charge on any atom is -0.494 e. The van der Waals surface area contributed by atoms with Crippen LogP contribution < -0.4 is 4.74 Å². The fourth-order valence-corrected chi connectivity index (χ4v) is 3.71. The van der Waals surface area contributed by atoms with Crippen molar-refractivity contribution in [2.24, 2.45) is 0 Å². The standard InChI is InChI=1S/C28H34O3/c29-28(25-16-9-8-10-17-25)31-22-14-7-5-3-1-2-4-6-13-21-30-27-20-19-24-15-11-12-18-26(24)23-27/h8-12,15-20,23H,1-7,13-14,21-22H2. The Morgan fingerprint density at radius 3 is 1.87 bits per heavy atom. The van der Waals surface area contributed by atoms with Gasteiger partial charge in [-0.15, -0.1) is 0 Å². The summed E-state index contributed by atoms with van der Waals surface area (Å²) in [5.74, 6) is 0.748. The van der Waals surface area contributed by atoms with Crippen molar-refractivity contribution in [1.29, 1.82) is 0 Å². The number of hydrogen-bond acceptors (Lipinski definition) is 3. The van der Waals surface area contributed by atoms with Crippen LogP contribution in [0.25, 0.3) is 10.8 Å². The monoisotopic (exact) mass is 418 g/mol. The van der Waals surface area contributed by atoms with Crippen LogP contribution in [0.4, 0.5) is 0 Å². The highest BCUT2D eigenvalue weighted by atomic mass is 16.5. The summed E-state index contributed by atoms with van der Waals surface area (Å²) in [5, 5.41) is 2.48. The van der Waals surface area contributed by atoms with E-state index in [2.05, 4.69) is 42.5 Å². The molecule has 0 bridgehead atoms. The molecule has 0 heterocycles. The van der Waals surface area contributed by atoms with E-state index in [9.17, 15) is 4.79 Å². The maximum atomic E-state index is 11.8. The van der Waals surface area contributed by atoms with Gasteiger partial charge in [-0.05, 0) is 47.9 Å². The van der Waals surface area contributed by atoms with Crippen LogP contribution in [0.1, 0.15) is 68.1 Å². The van der Waals surface area contributed by atoms with Gasteiger partial charge in [-0.3, -0.25) is 0 Å². The molecule has 0 aromatic heterocycles. The quantitative estimate of drug-likeness (QED) is 0.200. The fraction of sp³-hybridized carbons (Fsp3) is 0.393. The molecular formula is C28H34O3. The molecule has 0 aliphatic heterocycles. The van der Waals surface area contributed by atoms with Gasteiger partial charge in [0.2, 0.25) is 0 Å². The number of ether oxygens (including phenoxy) is 2. The molecule has 0 fully saturated rings. The van der Waals surface area contributed by atoms with Gasteiger partial charge in [0.1, 0.15) is 5.75 Å². The molecule has 3 heteroatoms. The molecule has 3 aromatic rings. The second-order valence-electron chi connectivity index (χ2n) is 8.04. The van der Waals surface area contributed by atoms with Crippen LogP contribution in [0.15, 0.2) is 72.8 Å². The van der Waals surface area contributed by atoms with Gasteiger partial charge in [0.25, 0.3) is 0 Å². The molecule has 0 aliphatic rings. The smallest absolute Gasteiger partial charge is 0.338 e. The highest BCUT2D eigenvalue weighted by molar-refractivity contribution is 5.89. The van der Waals surface area contributed by atoms with E-state index in [1.165, 1.54) is 49.3 Å². The molecule has 0 aliphatic carbocycles. The number of esters is 1. The van der Waals surface area contributed by atoms with Gasteiger partial charge in [0.15, 0.2) is 0 Å². The van der Waals surface area contributed by atoms with Gasteiger partial charge in [-0.2, -0.15) is 0 Å². The number of hydrogen-bond donors (Lipinski definition) is 0.